The second-order valence-electron chi connectivity index (χ2n) is 23.4. The van der Waals surface area contributed by atoms with Gasteiger partial charge < -0.3 is 14.2 Å². The molecule has 0 amide bonds. The highest BCUT2D eigenvalue weighted by Crippen LogP contribution is 2.18. The van der Waals surface area contributed by atoms with Gasteiger partial charge in [-0.3, -0.25) is 14.4 Å². The van der Waals surface area contributed by atoms with Gasteiger partial charge in [-0.1, -0.05) is 329 Å². The van der Waals surface area contributed by atoms with E-state index in [1.54, 1.807) is 0 Å². The monoisotopic (exact) mass is 1150 g/mol. The number of carbonyl (C=O) groups excluding carboxylic acids is 3. The van der Waals surface area contributed by atoms with Crippen molar-refractivity contribution in [1.29, 1.82) is 0 Å². The van der Waals surface area contributed by atoms with Crippen molar-refractivity contribution in [2.45, 2.75) is 348 Å². The Kier molecular flexibility index (Phi) is 67.2. The Bertz CT molecular complexity index is 1660. The van der Waals surface area contributed by atoms with Gasteiger partial charge in [0.15, 0.2) is 6.10 Å². The van der Waals surface area contributed by atoms with Crippen LogP contribution in [0.2, 0.25) is 0 Å². The van der Waals surface area contributed by atoms with Gasteiger partial charge in [0.2, 0.25) is 0 Å². The molecule has 0 aromatic heterocycles. The van der Waals surface area contributed by atoms with E-state index in [9.17, 15) is 14.4 Å². The summed E-state index contributed by atoms with van der Waals surface area (Å²) in [5.74, 6) is -0.938. The molecule has 476 valence electrons. The van der Waals surface area contributed by atoms with Crippen LogP contribution in [0, 0.1) is 0 Å². The zero-order chi connectivity index (χ0) is 59.9. The molecule has 0 aliphatic rings. The van der Waals surface area contributed by atoms with E-state index in [1.807, 2.05) is 0 Å². The second kappa shape index (κ2) is 70.6. The molecule has 0 heterocycles. The lowest BCUT2D eigenvalue weighted by molar-refractivity contribution is -0.167. The van der Waals surface area contributed by atoms with E-state index >= 15 is 0 Å². The highest BCUT2D eigenvalue weighted by molar-refractivity contribution is 5.71. The zero-order valence-corrected chi connectivity index (χ0v) is 54.7. The summed E-state index contributed by atoms with van der Waals surface area (Å²) in [7, 11) is 0. The van der Waals surface area contributed by atoms with E-state index in [0.29, 0.717) is 19.3 Å². The van der Waals surface area contributed by atoms with Crippen LogP contribution >= 0.6 is 0 Å². The first-order valence-corrected chi connectivity index (χ1v) is 35.4. The van der Waals surface area contributed by atoms with E-state index in [0.717, 1.165) is 116 Å². The zero-order valence-electron chi connectivity index (χ0n) is 54.7. The highest BCUT2D eigenvalue weighted by Gasteiger charge is 2.19. The summed E-state index contributed by atoms with van der Waals surface area (Å²) in [5.41, 5.74) is 0. The number of esters is 3. The maximum absolute atomic E-state index is 12.9. The molecule has 0 saturated heterocycles. The summed E-state index contributed by atoms with van der Waals surface area (Å²) in [6, 6.07) is 0. The number of allylic oxidation sites excluding steroid dienone is 18. The van der Waals surface area contributed by atoms with Crippen molar-refractivity contribution < 1.29 is 28.6 Å². The Hall–Kier alpha value is -3.93. The quantitative estimate of drug-likeness (QED) is 0.0261. The first-order chi connectivity index (χ1) is 41.0. The Morgan fingerprint density at radius 2 is 0.470 bits per heavy atom. The Morgan fingerprint density at radius 1 is 0.253 bits per heavy atom. The van der Waals surface area contributed by atoms with Gasteiger partial charge in [0, 0.05) is 19.3 Å². The van der Waals surface area contributed by atoms with E-state index in [2.05, 4.69) is 130 Å². The number of unbranched alkanes of at least 4 members (excludes halogenated alkanes) is 35. The fourth-order valence-electron chi connectivity index (χ4n) is 10.1. The van der Waals surface area contributed by atoms with E-state index < -0.39 is 6.10 Å². The summed E-state index contributed by atoms with van der Waals surface area (Å²) >= 11 is 0. The Morgan fingerprint density at radius 3 is 0.759 bits per heavy atom. The van der Waals surface area contributed by atoms with Crippen LogP contribution in [0.3, 0.4) is 0 Å². The van der Waals surface area contributed by atoms with E-state index in [-0.39, 0.29) is 37.5 Å². The Labute approximate surface area is 514 Å². The molecule has 0 spiro atoms. The topological polar surface area (TPSA) is 78.9 Å². The molecule has 6 heteroatoms. The average molecular weight is 1150 g/mol. The molecular weight excluding hydrogens is 1020 g/mol. The van der Waals surface area contributed by atoms with Gasteiger partial charge in [0.25, 0.3) is 0 Å². The van der Waals surface area contributed by atoms with Crippen molar-refractivity contribution in [2.24, 2.45) is 0 Å². The van der Waals surface area contributed by atoms with Gasteiger partial charge in [-0.2, -0.15) is 0 Å². The minimum absolute atomic E-state index is 0.0975. The van der Waals surface area contributed by atoms with Crippen LogP contribution in [0.5, 0.6) is 0 Å². The molecule has 0 N–H and O–H groups in total. The summed E-state index contributed by atoms with van der Waals surface area (Å²) in [6.07, 6.45) is 97.0. The molecule has 0 bridgehead atoms. The number of hydrogen-bond donors (Lipinski definition) is 0. The van der Waals surface area contributed by atoms with Gasteiger partial charge in [-0.15, -0.1) is 0 Å². The first kappa shape index (κ1) is 79.1. The van der Waals surface area contributed by atoms with Crippen LogP contribution in [0.4, 0.5) is 0 Å². The molecule has 0 saturated carbocycles. The van der Waals surface area contributed by atoms with Crippen molar-refractivity contribution in [2.75, 3.05) is 13.2 Å². The molecule has 0 aliphatic heterocycles. The van der Waals surface area contributed by atoms with Crippen LogP contribution in [0.25, 0.3) is 0 Å². The van der Waals surface area contributed by atoms with Crippen molar-refractivity contribution in [3.8, 4) is 0 Å². The van der Waals surface area contributed by atoms with Crippen LogP contribution in [0.1, 0.15) is 342 Å². The third-order valence-electron chi connectivity index (χ3n) is 15.3. The molecule has 0 aromatic carbocycles. The fraction of sp³-hybridized carbons (Fsp3) is 0.727. The normalized spacial score (nSPS) is 12.8. The fourth-order valence-corrected chi connectivity index (χ4v) is 10.1. The van der Waals surface area contributed by atoms with Gasteiger partial charge in [0.05, 0.1) is 0 Å². The smallest absolute Gasteiger partial charge is 0.306 e. The average Bonchev–Trinajstić information content (AvgIpc) is 3.50. The predicted octanol–water partition coefficient (Wildman–Crippen LogP) is 24.6. The molecule has 0 rings (SSSR count). The molecule has 0 fully saturated rings. The summed E-state index contributed by atoms with van der Waals surface area (Å²) < 4.78 is 16.9. The third kappa shape index (κ3) is 68.7. The summed E-state index contributed by atoms with van der Waals surface area (Å²) in [5, 5.41) is 0. The molecule has 0 radical (unpaired) electrons. The van der Waals surface area contributed by atoms with Crippen LogP contribution < -0.4 is 0 Å². The number of rotatable bonds is 64. The SMILES string of the molecule is CC/C=C\C/C=C\C/C=C\C/C=C\C/C=C\C/C=C\CCCCC(=O)OC(COC(=O)CCCCCCCCC/C=C\C/C=C\C/C=C\CC)COC(=O)CCCCCCCCCCCCCCCCCCCCCCCCCCCCC. The predicted molar refractivity (Wildman–Crippen MR) is 362 cm³/mol. The number of ether oxygens (including phenoxy) is 3. The van der Waals surface area contributed by atoms with E-state index in [1.165, 1.54) is 180 Å². The van der Waals surface area contributed by atoms with Gasteiger partial charge in [-0.05, 0) is 103 Å². The molecule has 1 atom stereocenters. The lowest BCUT2D eigenvalue weighted by Crippen LogP contribution is -2.30. The molecule has 1 unspecified atom stereocenters. The van der Waals surface area contributed by atoms with Crippen LogP contribution in [-0.4, -0.2) is 37.2 Å². The molecule has 83 heavy (non-hydrogen) atoms. The molecule has 0 aromatic rings. The van der Waals surface area contributed by atoms with Gasteiger partial charge in [-0.25, -0.2) is 0 Å². The second-order valence-corrected chi connectivity index (χ2v) is 23.4. The largest absolute Gasteiger partial charge is 0.462 e. The maximum atomic E-state index is 12.9. The van der Waals surface area contributed by atoms with Crippen LogP contribution in [0.15, 0.2) is 109 Å². The lowest BCUT2D eigenvalue weighted by Gasteiger charge is -2.18. The highest BCUT2D eigenvalue weighted by atomic mass is 16.6. The van der Waals surface area contributed by atoms with E-state index in [4.69, 9.17) is 14.2 Å². The summed E-state index contributed by atoms with van der Waals surface area (Å²) in [4.78, 5) is 38.5. The van der Waals surface area contributed by atoms with Crippen molar-refractivity contribution in [1.82, 2.24) is 0 Å². The number of carbonyl (C=O) groups is 3. The first-order valence-electron chi connectivity index (χ1n) is 35.4. The third-order valence-corrected chi connectivity index (χ3v) is 15.3. The Balaban J connectivity index is 4.37. The molecule has 6 nitrogen and oxygen atoms in total. The maximum Gasteiger partial charge on any atom is 0.306 e. The molecule has 0 aliphatic carbocycles. The van der Waals surface area contributed by atoms with Gasteiger partial charge in [0.1, 0.15) is 13.2 Å². The number of hydrogen-bond acceptors (Lipinski definition) is 6. The van der Waals surface area contributed by atoms with Crippen molar-refractivity contribution in [3.05, 3.63) is 109 Å². The minimum atomic E-state index is -0.808. The van der Waals surface area contributed by atoms with Crippen molar-refractivity contribution in [3.63, 3.8) is 0 Å². The standard InChI is InChI=1S/C77H132O6/c1-4-7-10-13-16-19-22-25-28-31-33-35-36-37-38-39-40-42-43-46-49-52-55-58-61-64-67-70-76(79)82-73-74(72-81-75(78)69-66-63-60-57-54-51-48-45-30-27-24-21-18-15-12-9-6-3)83-77(80)71-68-65-62-59-56-53-50-47-44-41-34-32-29-26-23-20-17-14-11-8-5-2/h8-9,11-12,17-18,20-21,26-27,29-30,34,41,47,50,56,59,74H,4-7,10,13-16,19,22-25,28,31-33,35-40,42-46,48-49,51-55,57-58,60-73H2,1-3H3/b11-8-,12-9-,20-17-,21-18-,29-26-,30-27-,41-34-,50-47-,59-56-. The lowest BCUT2D eigenvalue weighted by atomic mass is 10.0. The van der Waals surface area contributed by atoms with Crippen LogP contribution in [-0.2, 0) is 28.6 Å². The van der Waals surface area contributed by atoms with Gasteiger partial charge >= 0.3 is 17.9 Å². The minimum Gasteiger partial charge on any atom is -0.462 e. The molecular formula is C77H132O6. The summed E-state index contributed by atoms with van der Waals surface area (Å²) in [6.45, 7) is 6.42. The van der Waals surface area contributed by atoms with Crippen molar-refractivity contribution >= 4 is 17.9 Å².